The zero-order chi connectivity index (χ0) is 25.1. The third-order valence-corrected chi connectivity index (χ3v) is 8.35. The van der Waals surface area contributed by atoms with Gasteiger partial charge in [0.15, 0.2) is 5.78 Å². The van der Waals surface area contributed by atoms with E-state index in [0.29, 0.717) is 21.5 Å². The number of Topliss-reactive ketones (excluding diaryl/α,β-unsaturated/α-hetero) is 1. The molecule has 2 amide bonds. The van der Waals surface area contributed by atoms with Crippen LogP contribution in [0.2, 0.25) is 0 Å². The summed E-state index contributed by atoms with van der Waals surface area (Å²) in [4.78, 5) is 45.1. The number of nitrogens with zero attached hydrogens (tertiary/aromatic N) is 2. The minimum absolute atomic E-state index is 0.209. The molecule has 36 heavy (non-hydrogen) atoms. The normalized spacial score (nSPS) is 24.0. The van der Waals surface area contributed by atoms with Crippen molar-refractivity contribution in [2.75, 3.05) is 16.9 Å². The van der Waals surface area contributed by atoms with Crippen LogP contribution < -0.4 is 14.5 Å². The molecule has 0 saturated carbocycles. The van der Waals surface area contributed by atoms with Gasteiger partial charge >= 0.3 is 0 Å². The van der Waals surface area contributed by atoms with E-state index < -0.39 is 23.9 Å². The Labute approximate surface area is 224 Å². The lowest BCUT2D eigenvalue weighted by atomic mass is 9.86. The first kappa shape index (κ1) is 23.2. The molecule has 2 fully saturated rings. The Balaban J connectivity index is 1.48. The van der Waals surface area contributed by atoms with Crippen LogP contribution in [0.4, 0.5) is 11.4 Å². The molecule has 8 heteroatoms. The van der Waals surface area contributed by atoms with Crippen LogP contribution in [0.25, 0.3) is 6.08 Å². The number of carbonyl (C=O) groups is 3. The number of amides is 2. The number of para-hydroxylation sites is 1. The lowest BCUT2D eigenvalue weighted by Gasteiger charge is -2.36. The Morgan fingerprint density at radius 3 is 2.36 bits per heavy atom. The highest BCUT2D eigenvalue weighted by Gasteiger charge is 2.64. The van der Waals surface area contributed by atoms with E-state index in [9.17, 15) is 14.4 Å². The largest absolute Gasteiger partial charge is 0.496 e. The van der Waals surface area contributed by atoms with Gasteiger partial charge in [0, 0.05) is 15.7 Å². The number of ketones is 1. The minimum Gasteiger partial charge on any atom is -0.496 e. The molecule has 2 saturated heterocycles. The number of fused-ring (bicyclic) bond motifs is 5. The topological polar surface area (TPSA) is 66.9 Å². The van der Waals surface area contributed by atoms with Gasteiger partial charge in [-0.15, -0.1) is 0 Å². The third kappa shape index (κ3) is 3.38. The summed E-state index contributed by atoms with van der Waals surface area (Å²) < 4.78 is 6.82. The van der Waals surface area contributed by atoms with Crippen LogP contribution in [0.3, 0.4) is 0 Å². The van der Waals surface area contributed by atoms with Crippen molar-refractivity contribution in [1.29, 1.82) is 0 Å². The van der Waals surface area contributed by atoms with Crippen LogP contribution in [-0.4, -0.2) is 36.8 Å². The number of carbonyl (C=O) groups excluding carboxylic acids is 3. The molecule has 3 aliphatic heterocycles. The van der Waals surface area contributed by atoms with E-state index in [2.05, 4.69) is 31.9 Å². The fourth-order valence-electron chi connectivity index (χ4n) is 5.65. The Morgan fingerprint density at radius 1 is 0.917 bits per heavy atom. The molecule has 0 radical (unpaired) electrons. The maximum atomic E-state index is 14.1. The minimum atomic E-state index is -0.830. The van der Waals surface area contributed by atoms with Crippen LogP contribution in [0.5, 0.6) is 5.75 Å². The first-order chi connectivity index (χ1) is 17.4. The summed E-state index contributed by atoms with van der Waals surface area (Å²) in [6.45, 7) is 0. The van der Waals surface area contributed by atoms with Crippen molar-refractivity contribution in [2.24, 2.45) is 11.8 Å². The van der Waals surface area contributed by atoms with Crippen LogP contribution in [0, 0.1) is 11.8 Å². The molecule has 0 spiro atoms. The van der Waals surface area contributed by atoms with Gasteiger partial charge in [-0.1, -0.05) is 46.3 Å². The van der Waals surface area contributed by atoms with Gasteiger partial charge < -0.3 is 9.64 Å². The van der Waals surface area contributed by atoms with Crippen molar-refractivity contribution in [3.63, 3.8) is 0 Å². The molecule has 3 aliphatic rings. The molecular weight excluding hydrogens is 588 g/mol. The van der Waals surface area contributed by atoms with Crippen molar-refractivity contribution in [2.45, 2.75) is 12.1 Å². The molecule has 3 aromatic carbocycles. The summed E-state index contributed by atoms with van der Waals surface area (Å²) in [7, 11) is 1.56. The number of imide groups is 1. The number of rotatable bonds is 4. The second-order valence-corrected chi connectivity index (χ2v) is 10.8. The second kappa shape index (κ2) is 8.71. The number of methoxy groups -OCH3 is 1. The predicted octanol–water partition coefficient (Wildman–Crippen LogP) is 5.49. The van der Waals surface area contributed by atoms with Crippen LogP contribution >= 0.6 is 31.9 Å². The van der Waals surface area contributed by atoms with Gasteiger partial charge in [0.05, 0.1) is 35.1 Å². The van der Waals surface area contributed by atoms with Crippen LogP contribution in [0.15, 0.2) is 81.8 Å². The molecular formula is C28H20Br2N2O4. The number of ether oxygens (including phenoxy) is 1. The molecule has 3 aromatic rings. The molecule has 0 unspecified atom stereocenters. The zero-order valence-corrected chi connectivity index (χ0v) is 22.3. The second-order valence-electron chi connectivity index (χ2n) is 9.01. The fourth-order valence-corrected chi connectivity index (χ4v) is 6.45. The Morgan fingerprint density at radius 2 is 1.64 bits per heavy atom. The van der Waals surface area contributed by atoms with Gasteiger partial charge in [-0.3, -0.25) is 14.4 Å². The molecule has 3 heterocycles. The first-order valence-corrected chi connectivity index (χ1v) is 13.1. The summed E-state index contributed by atoms with van der Waals surface area (Å²) in [5, 5.41) is 0. The highest BCUT2D eigenvalue weighted by molar-refractivity contribution is 9.10. The maximum absolute atomic E-state index is 14.1. The molecule has 4 atom stereocenters. The van der Waals surface area contributed by atoms with E-state index in [1.54, 1.807) is 49.6 Å². The van der Waals surface area contributed by atoms with E-state index in [0.717, 1.165) is 15.7 Å². The standard InChI is InChI=1S/C28H20Br2N2O4/c1-36-22-13-7-16(14-19(22)30)26(33)25-24-23(21-12-6-15-4-2-3-5-20(15)32(21)25)27(34)31(28(24)35)18-10-8-17(29)9-11-18/h2-14,21,23-25H,1H3/t21-,23-,24-,25+/m1/s1. The number of halogens is 2. The number of hydrogen-bond donors (Lipinski definition) is 0. The summed E-state index contributed by atoms with van der Waals surface area (Å²) >= 11 is 6.87. The predicted molar refractivity (Wildman–Crippen MR) is 144 cm³/mol. The average molecular weight is 608 g/mol. The average Bonchev–Trinajstić information content (AvgIpc) is 3.37. The molecule has 0 bridgehead atoms. The SMILES string of the molecule is COc1ccc(C(=O)[C@@H]2[C@@H]3C(=O)N(c4ccc(Br)cc4)C(=O)[C@@H]3[C@H]3C=Cc4ccccc4N32)cc1Br. The summed E-state index contributed by atoms with van der Waals surface area (Å²) in [6, 6.07) is 18.7. The number of hydrogen-bond acceptors (Lipinski definition) is 5. The highest BCUT2D eigenvalue weighted by Crippen LogP contribution is 2.50. The van der Waals surface area contributed by atoms with Gasteiger partial charge in [-0.25, -0.2) is 4.90 Å². The number of anilines is 2. The lowest BCUT2D eigenvalue weighted by molar-refractivity contribution is -0.122. The quantitative estimate of drug-likeness (QED) is 0.290. The summed E-state index contributed by atoms with van der Waals surface area (Å²) in [5.41, 5.74) is 2.75. The van der Waals surface area contributed by atoms with E-state index in [4.69, 9.17) is 4.74 Å². The Hall–Kier alpha value is -3.23. The van der Waals surface area contributed by atoms with Crippen LogP contribution in [0.1, 0.15) is 15.9 Å². The monoisotopic (exact) mass is 606 g/mol. The molecule has 6 rings (SSSR count). The fraction of sp³-hybridized carbons (Fsp3) is 0.179. The third-order valence-electron chi connectivity index (χ3n) is 7.20. The first-order valence-electron chi connectivity index (χ1n) is 11.5. The highest BCUT2D eigenvalue weighted by atomic mass is 79.9. The maximum Gasteiger partial charge on any atom is 0.240 e. The van der Waals surface area contributed by atoms with Crippen LogP contribution in [-0.2, 0) is 9.59 Å². The van der Waals surface area contributed by atoms with Gasteiger partial charge in [0.1, 0.15) is 11.8 Å². The van der Waals surface area contributed by atoms with Gasteiger partial charge in [0.25, 0.3) is 0 Å². The van der Waals surface area contributed by atoms with E-state index in [1.165, 1.54) is 4.90 Å². The van der Waals surface area contributed by atoms with Crippen molar-refractivity contribution >= 4 is 66.9 Å². The molecule has 6 nitrogen and oxygen atoms in total. The zero-order valence-electron chi connectivity index (χ0n) is 19.1. The van der Waals surface area contributed by atoms with Crippen molar-refractivity contribution in [3.05, 3.63) is 92.9 Å². The molecule has 0 N–H and O–H groups in total. The van der Waals surface area contributed by atoms with Crippen molar-refractivity contribution in [1.82, 2.24) is 0 Å². The Kier molecular flexibility index (Phi) is 5.61. The van der Waals surface area contributed by atoms with Gasteiger partial charge in [0.2, 0.25) is 11.8 Å². The number of benzene rings is 3. The molecule has 0 aliphatic carbocycles. The summed E-state index contributed by atoms with van der Waals surface area (Å²) in [6.07, 6.45) is 3.93. The van der Waals surface area contributed by atoms with Gasteiger partial charge in [-0.05, 0) is 70.0 Å². The van der Waals surface area contributed by atoms with E-state index >= 15 is 0 Å². The lowest BCUT2D eigenvalue weighted by Crippen LogP contribution is -2.48. The van der Waals surface area contributed by atoms with E-state index in [1.807, 2.05) is 41.3 Å². The van der Waals surface area contributed by atoms with Gasteiger partial charge in [-0.2, -0.15) is 0 Å². The smallest absolute Gasteiger partial charge is 0.240 e. The Bertz CT molecular complexity index is 1450. The van der Waals surface area contributed by atoms with Crippen molar-refractivity contribution < 1.29 is 19.1 Å². The molecule has 180 valence electrons. The van der Waals surface area contributed by atoms with E-state index in [-0.39, 0.29) is 17.6 Å². The van der Waals surface area contributed by atoms with Crippen molar-refractivity contribution in [3.8, 4) is 5.75 Å². The molecule has 0 aromatic heterocycles. The summed E-state index contributed by atoms with van der Waals surface area (Å²) in [5.74, 6) is -1.71.